The van der Waals surface area contributed by atoms with E-state index >= 15 is 0 Å². The highest BCUT2D eigenvalue weighted by Gasteiger charge is 2.18. The Morgan fingerprint density at radius 2 is 1.10 bits per heavy atom. The molecule has 0 spiro atoms. The minimum absolute atomic E-state index is 1.19. The molecule has 6 aromatic carbocycles. The zero-order valence-corrected chi connectivity index (χ0v) is 22.5. The third-order valence-electron chi connectivity index (χ3n) is 8.02. The lowest BCUT2D eigenvalue weighted by Crippen LogP contribution is -1.93. The molecule has 3 heteroatoms. The Balaban J connectivity index is 1.28. The van der Waals surface area contributed by atoms with E-state index < -0.39 is 0 Å². The fourth-order valence-corrected chi connectivity index (χ4v) is 8.67. The fourth-order valence-electron chi connectivity index (χ4n) is 6.32. The number of nitrogens with zero attached hydrogens (tertiary/aromatic N) is 1. The molecule has 3 aromatic heterocycles. The topological polar surface area (TPSA) is 4.93 Å². The normalized spacial score (nSPS) is 12.1. The van der Waals surface area contributed by atoms with E-state index in [4.69, 9.17) is 0 Å². The number of benzene rings is 6. The van der Waals surface area contributed by atoms with E-state index in [0.717, 1.165) is 0 Å². The molecule has 3 heterocycles. The molecule has 0 aliphatic carbocycles. The Morgan fingerprint density at radius 3 is 1.95 bits per heavy atom. The summed E-state index contributed by atoms with van der Waals surface area (Å²) in [4.78, 5) is 0. The summed E-state index contributed by atoms with van der Waals surface area (Å²) in [5, 5.41) is 8.05. The van der Waals surface area contributed by atoms with E-state index in [0.29, 0.717) is 0 Å². The standard InChI is InChI=1S/C36H21NS2/c1-4-13-29-27(9-1)34-30(20-21-33-35(34)28-10-3-6-15-32(28)38-33)37(29)23-18-16-22(17-19-23)24-11-7-12-26-25-8-2-5-14-31(25)39-36(24)26/h1-21H. The van der Waals surface area contributed by atoms with Crippen molar-refractivity contribution in [2.24, 2.45) is 0 Å². The molecule has 0 bridgehead atoms. The maximum absolute atomic E-state index is 2.43. The minimum atomic E-state index is 1.19. The van der Waals surface area contributed by atoms with Crippen LogP contribution in [-0.2, 0) is 0 Å². The number of aromatic nitrogens is 1. The lowest BCUT2D eigenvalue weighted by molar-refractivity contribution is 1.18. The van der Waals surface area contributed by atoms with Gasteiger partial charge in [0.05, 0.1) is 11.0 Å². The minimum Gasteiger partial charge on any atom is -0.309 e. The van der Waals surface area contributed by atoms with Crippen LogP contribution in [0.4, 0.5) is 0 Å². The van der Waals surface area contributed by atoms with Crippen molar-refractivity contribution in [3.05, 3.63) is 127 Å². The average Bonchev–Trinajstić information content (AvgIpc) is 3.66. The zero-order valence-electron chi connectivity index (χ0n) is 20.9. The Bertz CT molecular complexity index is 2380. The molecule has 9 aromatic rings. The van der Waals surface area contributed by atoms with Crippen LogP contribution in [0.3, 0.4) is 0 Å². The van der Waals surface area contributed by atoms with Gasteiger partial charge in [-0.15, -0.1) is 22.7 Å². The van der Waals surface area contributed by atoms with Crippen molar-refractivity contribution in [1.29, 1.82) is 0 Å². The molecule has 39 heavy (non-hydrogen) atoms. The fraction of sp³-hybridized carbons (Fsp3) is 0. The van der Waals surface area contributed by atoms with Gasteiger partial charge in [-0.2, -0.15) is 0 Å². The van der Waals surface area contributed by atoms with Gasteiger partial charge in [-0.25, -0.2) is 0 Å². The molecule has 1 nitrogen and oxygen atoms in total. The van der Waals surface area contributed by atoms with E-state index in [1.165, 1.54) is 79.0 Å². The summed E-state index contributed by atoms with van der Waals surface area (Å²) in [6.45, 7) is 0. The van der Waals surface area contributed by atoms with Crippen LogP contribution in [0.5, 0.6) is 0 Å². The summed E-state index contributed by atoms with van der Waals surface area (Å²) in [7, 11) is 0. The molecule has 182 valence electrons. The molecule has 0 atom stereocenters. The van der Waals surface area contributed by atoms with Crippen LogP contribution in [0.15, 0.2) is 127 Å². The van der Waals surface area contributed by atoms with Crippen molar-refractivity contribution < 1.29 is 0 Å². The Kier molecular flexibility index (Phi) is 4.43. The third kappa shape index (κ3) is 3.00. The number of thiophene rings is 2. The molecule has 0 amide bonds. The number of fused-ring (bicyclic) bond motifs is 10. The summed E-state index contributed by atoms with van der Waals surface area (Å²) in [6.07, 6.45) is 0. The molecule has 0 N–H and O–H groups in total. The van der Waals surface area contributed by atoms with Crippen LogP contribution in [-0.4, -0.2) is 4.57 Å². The first-order valence-electron chi connectivity index (χ1n) is 13.2. The number of para-hydroxylation sites is 1. The lowest BCUT2D eigenvalue weighted by atomic mass is 10.0. The smallest absolute Gasteiger partial charge is 0.0548 e. The van der Waals surface area contributed by atoms with Gasteiger partial charge in [0, 0.05) is 56.8 Å². The van der Waals surface area contributed by atoms with Crippen molar-refractivity contribution >= 4 is 84.8 Å². The van der Waals surface area contributed by atoms with Crippen LogP contribution in [0.2, 0.25) is 0 Å². The second kappa shape index (κ2) is 8.03. The second-order valence-corrected chi connectivity index (χ2v) is 12.2. The number of hydrogen-bond acceptors (Lipinski definition) is 2. The Labute approximate surface area is 232 Å². The van der Waals surface area contributed by atoms with Crippen molar-refractivity contribution in [2.75, 3.05) is 0 Å². The highest BCUT2D eigenvalue weighted by molar-refractivity contribution is 7.26. The van der Waals surface area contributed by atoms with E-state index in [1.54, 1.807) is 0 Å². The van der Waals surface area contributed by atoms with Crippen molar-refractivity contribution in [3.63, 3.8) is 0 Å². The molecule has 0 unspecified atom stereocenters. The van der Waals surface area contributed by atoms with Gasteiger partial charge in [-0.3, -0.25) is 0 Å². The van der Waals surface area contributed by atoms with Crippen LogP contribution < -0.4 is 0 Å². The van der Waals surface area contributed by atoms with Crippen molar-refractivity contribution in [1.82, 2.24) is 4.57 Å². The van der Waals surface area contributed by atoms with Gasteiger partial charge in [0.1, 0.15) is 0 Å². The predicted molar refractivity (Wildman–Crippen MR) is 172 cm³/mol. The molecule has 0 radical (unpaired) electrons. The largest absolute Gasteiger partial charge is 0.309 e. The van der Waals surface area contributed by atoms with E-state index in [-0.39, 0.29) is 0 Å². The third-order valence-corrected chi connectivity index (χ3v) is 10.4. The van der Waals surface area contributed by atoms with Gasteiger partial charge in [-0.1, -0.05) is 84.9 Å². The predicted octanol–water partition coefficient (Wildman–Crippen LogP) is 11.2. The van der Waals surface area contributed by atoms with E-state index in [9.17, 15) is 0 Å². The molecule has 0 fully saturated rings. The van der Waals surface area contributed by atoms with Crippen LogP contribution >= 0.6 is 22.7 Å². The zero-order chi connectivity index (χ0) is 25.5. The van der Waals surface area contributed by atoms with Gasteiger partial charge in [0.25, 0.3) is 0 Å². The molecule has 0 aliphatic heterocycles. The quantitative estimate of drug-likeness (QED) is 0.209. The number of rotatable bonds is 2. The first-order valence-corrected chi connectivity index (χ1v) is 14.8. The Hall–Kier alpha value is -4.44. The number of hydrogen-bond donors (Lipinski definition) is 0. The lowest BCUT2D eigenvalue weighted by Gasteiger charge is -2.10. The van der Waals surface area contributed by atoms with E-state index in [2.05, 4.69) is 132 Å². The summed E-state index contributed by atoms with van der Waals surface area (Å²) in [6, 6.07) is 46.8. The van der Waals surface area contributed by atoms with Gasteiger partial charge in [0.2, 0.25) is 0 Å². The monoisotopic (exact) mass is 531 g/mol. The van der Waals surface area contributed by atoms with Crippen molar-refractivity contribution in [2.45, 2.75) is 0 Å². The maximum Gasteiger partial charge on any atom is 0.0548 e. The van der Waals surface area contributed by atoms with Crippen LogP contribution in [0.25, 0.3) is 79.0 Å². The highest BCUT2D eigenvalue weighted by atomic mass is 32.1. The highest BCUT2D eigenvalue weighted by Crippen LogP contribution is 2.44. The van der Waals surface area contributed by atoms with Crippen LogP contribution in [0, 0.1) is 0 Å². The molecule has 9 rings (SSSR count). The average molecular weight is 532 g/mol. The Morgan fingerprint density at radius 1 is 0.410 bits per heavy atom. The molecular formula is C36H21NS2. The van der Waals surface area contributed by atoms with E-state index in [1.807, 2.05) is 22.7 Å². The molecule has 0 saturated carbocycles. The summed E-state index contributed by atoms with van der Waals surface area (Å²) < 4.78 is 7.82. The first-order chi connectivity index (χ1) is 19.3. The van der Waals surface area contributed by atoms with Gasteiger partial charge in [0.15, 0.2) is 0 Å². The molecule has 0 aliphatic rings. The van der Waals surface area contributed by atoms with Crippen molar-refractivity contribution in [3.8, 4) is 16.8 Å². The van der Waals surface area contributed by atoms with Crippen LogP contribution in [0.1, 0.15) is 0 Å². The SMILES string of the molecule is c1ccc2c(c1)sc1c(-c3ccc(-n4c5ccccc5c5c6c(ccc54)sc4ccccc46)cc3)cccc12. The molecular weight excluding hydrogens is 511 g/mol. The first kappa shape index (κ1) is 21.5. The van der Waals surface area contributed by atoms with Gasteiger partial charge in [-0.05, 0) is 53.6 Å². The summed E-state index contributed by atoms with van der Waals surface area (Å²) in [5.74, 6) is 0. The second-order valence-electron chi connectivity index (χ2n) is 10.1. The van der Waals surface area contributed by atoms with Gasteiger partial charge >= 0.3 is 0 Å². The van der Waals surface area contributed by atoms with Gasteiger partial charge < -0.3 is 4.57 Å². The molecule has 0 saturated heterocycles. The summed E-state index contributed by atoms with van der Waals surface area (Å²) in [5.41, 5.74) is 6.24. The maximum atomic E-state index is 2.43. The summed E-state index contributed by atoms with van der Waals surface area (Å²) >= 11 is 3.77.